The lowest BCUT2D eigenvalue weighted by molar-refractivity contribution is -0.106. The molecular formula is C26H33N7O4. The van der Waals surface area contributed by atoms with E-state index in [1.165, 1.54) is 6.92 Å². The summed E-state index contributed by atoms with van der Waals surface area (Å²) in [6.45, 7) is 4.34. The van der Waals surface area contributed by atoms with E-state index in [1.54, 1.807) is 37.7 Å². The van der Waals surface area contributed by atoms with Crippen LogP contribution in [0, 0.1) is 0 Å². The Kier molecular flexibility index (Phi) is 8.02. The molecule has 0 radical (unpaired) electrons. The van der Waals surface area contributed by atoms with Crippen LogP contribution in [0.1, 0.15) is 25.3 Å². The summed E-state index contributed by atoms with van der Waals surface area (Å²) < 4.78 is 10.9. The van der Waals surface area contributed by atoms with E-state index in [9.17, 15) is 4.79 Å². The number of piperidine rings is 1. The number of carbonyl (C=O) groups excluding carboxylic acids is 2. The molecule has 1 aromatic carbocycles. The Balaban J connectivity index is 0.00000102. The Morgan fingerprint density at radius 3 is 2.57 bits per heavy atom. The number of ether oxygens (including phenoxy) is 2. The van der Waals surface area contributed by atoms with Crippen LogP contribution in [0.3, 0.4) is 0 Å². The first-order chi connectivity index (χ1) is 17.9. The second-order valence-corrected chi connectivity index (χ2v) is 9.15. The summed E-state index contributed by atoms with van der Waals surface area (Å²) in [5.74, 6) is 1.53. The fourth-order valence-corrected chi connectivity index (χ4v) is 4.84. The third-order valence-corrected chi connectivity index (χ3v) is 6.86. The molecule has 11 heteroatoms. The monoisotopic (exact) mass is 507 g/mol. The van der Waals surface area contributed by atoms with Gasteiger partial charge in [-0.15, -0.1) is 0 Å². The lowest BCUT2D eigenvalue weighted by atomic mass is 9.86. The third-order valence-electron chi connectivity index (χ3n) is 6.86. The summed E-state index contributed by atoms with van der Waals surface area (Å²) in [7, 11) is 5.34. The molecule has 2 saturated heterocycles. The van der Waals surface area contributed by atoms with Gasteiger partial charge in [-0.05, 0) is 44.5 Å². The van der Waals surface area contributed by atoms with Crippen molar-refractivity contribution in [2.24, 2.45) is 0 Å². The molecule has 0 atom stereocenters. The van der Waals surface area contributed by atoms with Gasteiger partial charge in [0.15, 0.2) is 0 Å². The lowest BCUT2D eigenvalue weighted by Gasteiger charge is -2.42. The smallest absolute Gasteiger partial charge is 0.327 e. The number of benzene rings is 1. The molecule has 196 valence electrons. The standard InChI is InChI=1S/C24H29N7O3.C2H4O/c1-29-9-7-24(8-10-29)16-30(23(32)31(24)15-17-5-4-6-19(11-17)33-2)22-25-14-20(21(28-22)34-3)18-12-26-27-13-18;1-2-3/h4-6,11-14H,7-10,15-16H2,1-3H3,(H,26,27);2H,1H3. The Morgan fingerprint density at radius 1 is 1.16 bits per heavy atom. The number of hydrogen-bond donors (Lipinski definition) is 1. The second-order valence-electron chi connectivity index (χ2n) is 9.15. The van der Waals surface area contributed by atoms with E-state index in [1.807, 2.05) is 29.2 Å². The molecule has 2 fully saturated rings. The van der Waals surface area contributed by atoms with Gasteiger partial charge in [0.05, 0.1) is 38.1 Å². The zero-order valence-electron chi connectivity index (χ0n) is 21.7. The highest BCUT2D eigenvalue weighted by molar-refractivity contribution is 5.94. The summed E-state index contributed by atoms with van der Waals surface area (Å²) in [5, 5.41) is 6.78. The van der Waals surface area contributed by atoms with Crippen molar-refractivity contribution >= 4 is 18.3 Å². The molecule has 0 bridgehead atoms. The minimum absolute atomic E-state index is 0.0921. The summed E-state index contributed by atoms with van der Waals surface area (Å²) >= 11 is 0. The number of likely N-dealkylation sites (tertiary alicyclic amines) is 1. The number of methoxy groups -OCH3 is 2. The Morgan fingerprint density at radius 2 is 1.92 bits per heavy atom. The van der Waals surface area contributed by atoms with E-state index in [-0.39, 0.29) is 11.6 Å². The number of urea groups is 1. The molecule has 0 aliphatic carbocycles. The van der Waals surface area contributed by atoms with Gasteiger partial charge < -0.3 is 24.1 Å². The topological polar surface area (TPSA) is 117 Å². The second kappa shape index (κ2) is 11.4. The summed E-state index contributed by atoms with van der Waals surface area (Å²) in [5.41, 5.74) is 2.28. The number of carbonyl (C=O) groups is 2. The van der Waals surface area contributed by atoms with Crippen molar-refractivity contribution in [3.05, 3.63) is 48.4 Å². The number of aromatic amines is 1. The van der Waals surface area contributed by atoms with Crippen LogP contribution in [0.4, 0.5) is 10.7 Å². The number of nitrogens with one attached hydrogen (secondary N) is 1. The molecule has 37 heavy (non-hydrogen) atoms. The van der Waals surface area contributed by atoms with Gasteiger partial charge in [0.1, 0.15) is 12.0 Å². The fraction of sp³-hybridized carbons (Fsp3) is 0.423. The van der Waals surface area contributed by atoms with Crippen molar-refractivity contribution in [2.75, 3.05) is 45.8 Å². The average molecular weight is 508 g/mol. The first kappa shape index (κ1) is 26.1. The molecule has 3 aromatic rings. The molecule has 2 aliphatic heterocycles. The summed E-state index contributed by atoms with van der Waals surface area (Å²) in [6, 6.07) is 7.79. The number of rotatable bonds is 6. The average Bonchev–Trinajstić information content (AvgIpc) is 3.54. The van der Waals surface area contributed by atoms with E-state index in [0.29, 0.717) is 30.5 Å². The van der Waals surface area contributed by atoms with Crippen LogP contribution in [-0.4, -0.2) is 88.7 Å². The largest absolute Gasteiger partial charge is 0.497 e. The number of hydrogen-bond acceptors (Lipinski definition) is 8. The Bertz CT molecular complexity index is 1210. The number of aromatic nitrogens is 4. The minimum atomic E-state index is -0.285. The maximum absolute atomic E-state index is 13.8. The maximum Gasteiger partial charge on any atom is 0.327 e. The predicted molar refractivity (Wildman–Crippen MR) is 139 cm³/mol. The third kappa shape index (κ3) is 5.41. The summed E-state index contributed by atoms with van der Waals surface area (Å²) in [6.07, 6.45) is 7.65. The van der Waals surface area contributed by atoms with E-state index in [0.717, 1.165) is 49.1 Å². The normalized spacial score (nSPS) is 16.9. The zero-order chi connectivity index (χ0) is 26.4. The van der Waals surface area contributed by atoms with Crippen LogP contribution >= 0.6 is 0 Å². The molecule has 2 amide bonds. The number of H-pyrrole nitrogens is 1. The van der Waals surface area contributed by atoms with Crippen molar-refractivity contribution in [1.29, 1.82) is 0 Å². The summed E-state index contributed by atoms with van der Waals surface area (Å²) in [4.78, 5) is 37.8. The highest BCUT2D eigenvalue weighted by Crippen LogP contribution is 2.39. The SMILES string of the molecule is CC=O.COc1cccc(CN2C(=O)N(c3ncc(-c4cn[nH]c4)c(OC)n3)CC23CCN(C)CC3)c1. The van der Waals surface area contributed by atoms with Crippen molar-refractivity contribution in [2.45, 2.75) is 31.8 Å². The lowest BCUT2D eigenvalue weighted by Crippen LogP contribution is -2.53. The van der Waals surface area contributed by atoms with Gasteiger partial charge in [0, 0.05) is 37.6 Å². The quantitative estimate of drug-likeness (QED) is 0.506. The highest BCUT2D eigenvalue weighted by Gasteiger charge is 2.51. The van der Waals surface area contributed by atoms with Crippen LogP contribution in [0.25, 0.3) is 11.1 Å². The molecule has 11 nitrogen and oxygen atoms in total. The molecule has 2 aliphatic rings. The van der Waals surface area contributed by atoms with Crippen molar-refractivity contribution in [3.8, 4) is 22.8 Å². The number of amides is 2. The van der Waals surface area contributed by atoms with Gasteiger partial charge >= 0.3 is 6.03 Å². The molecule has 4 heterocycles. The fourth-order valence-electron chi connectivity index (χ4n) is 4.84. The van der Waals surface area contributed by atoms with Crippen molar-refractivity contribution in [1.82, 2.24) is 30.0 Å². The molecule has 0 unspecified atom stereocenters. The molecule has 2 aromatic heterocycles. The van der Waals surface area contributed by atoms with Gasteiger partial charge in [0.25, 0.3) is 0 Å². The predicted octanol–water partition coefficient (Wildman–Crippen LogP) is 3.00. The molecular weight excluding hydrogens is 474 g/mol. The zero-order valence-corrected chi connectivity index (χ0v) is 21.7. The van der Waals surface area contributed by atoms with E-state index in [4.69, 9.17) is 14.3 Å². The van der Waals surface area contributed by atoms with E-state index in [2.05, 4.69) is 32.1 Å². The number of anilines is 1. The van der Waals surface area contributed by atoms with Crippen LogP contribution in [-0.2, 0) is 11.3 Å². The molecule has 1 spiro atoms. The van der Waals surface area contributed by atoms with Crippen LogP contribution in [0.15, 0.2) is 42.9 Å². The van der Waals surface area contributed by atoms with Gasteiger partial charge in [-0.2, -0.15) is 10.1 Å². The molecule has 1 N–H and O–H groups in total. The van der Waals surface area contributed by atoms with Gasteiger partial charge in [0.2, 0.25) is 11.8 Å². The minimum Gasteiger partial charge on any atom is -0.497 e. The van der Waals surface area contributed by atoms with E-state index >= 15 is 0 Å². The van der Waals surface area contributed by atoms with E-state index < -0.39 is 0 Å². The van der Waals surface area contributed by atoms with Crippen molar-refractivity contribution < 1.29 is 19.1 Å². The number of nitrogens with zero attached hydrogens (tertiary/aromatic N) is 6. The first-order valence-corrected chi connectivity index (χ1v) is 12.1. The first-order valence-electron chi connectivity index (χ1n) is 12.1. The van der Waals surface area contributed by atoms with Gasteiger partial charge in [-0.1, -0.05) is 12.1 Å². The Hall–Kier alpha value is -3.99. The van der Waals surface area contributed by atoms with Crippen LogP contribution in [0.2, 0.25) is 0 Å². The van der Waals surface area contributed by atoms with Crippen molar-refractivity contribution in [3.63, 3.8) is 0 Å². The maximum atomic E-state index is 13.8. The Labute approximate surface area is 216 Å². The van der Waals surface area contributed by atoms with Crippen LogP contribution < -0.4 is 14.4 Å². The highest BCUT2D eigenvalue weighted by atomic mass is 16.5. The molecule has 0 saturated carbocycles. The van der Waals surface area contributed by atoms with Crippen LogP contribution in [0.5, 0.6) is 11.6 Å². The van der Waals surface area contributed by atoms with Gasteiger partial charge in [-0.25, -0.2) is 9.78 Å². The van der Waals surface area contributed by atoms with Gasteiger partial charge in [-0.3, -0.25) is 10.00 Å². The number of aldehydes is 1. The molecule has 5 rings (SSSR count).